The molecular weight excluding hydrogens is 310 g/mol. The third-order valence-corrected chi connectivity index (χ3v) is 3.89. The van der Waals surface area contributed by atoms with Gasteiger partial charge in [0.15, 0.2) is 0 Å². The number of hydrogen-bond acceptors (Lipinski definition) is 1. The number of aryl methyl sites for hydroxylation is 1. The van der Waals surface area contributed by atoms with Crippen LogP contribution in [-0.2, 0) is 13.1 Å². The van der Waals surface area contributed by atoms with Crippen LogP contribution in [0.1, 0.15) is 16.7 Å². The summed E-state index contributed by atoms with van der Waals surface area (Å²) >= 11 is 9.45. The molecule has 1 nitrogen and oxygen atoms in total. The first-order valence-corrected chi connectivity index (χ1v) is 7.02. The lowest BCUT2D eigenvalue weighted by Gasteiger charge is -2.07. The van der Waals surface area contributed by atoms with Crippen molar-refractivity contribution < 1.29 is 0 Å². The molecule has 0 fully saturated rings. The van der Waals surface area contributed by atoms with Crippen LogP contribution >= 0.6 is 27.5 Å². The normalized spacial score (nSPS) is 10.6. The second-order valence-corrected chi connectivity index (χ2v) is 5.61. The standard InChI is InChI=1S/C15H15BrClN/c1-11-7-13(5-6-15(11)16)10-18-9-12-3-2-4-14(17)8-12/h2-8,18H,9-10H2,1H3. The smallest absolute Gasteiger partial charge is 0.0409 e. The molecular formula is C15H15BrClN. The summed E-state index contributed by atoms with van der Waals surface area (Å²) in [6, 6.07) is 14.3. The molecule has 0 aliphatic carbocycles. The lowest BCUT2D eigenvalue weighted by molar-refractivity contribution is 0.693. The summed E-state index contributed by atoms with van der Waals surface area (Å²) in [5.41, 5.74) is 3.76. The maximum absolute atomic E-state index is 5.95. The highest BCUT2D eigenvalue weighted by Crippen LogP contribution is 2.17. The van der Waals surface area contributed by atoms with Gasteiger partial charge in [0.05, 0.1) is 0 Å². The maximum atomic E-state index is 5.95. The van der Waals surface area contributed by atoms with E-state index in [2.05, 4.69) is 52.4 Å². The van der Waals surface area contributed by atoms with Gasteiger partial charge >= 0.3 is 0 Å². The van der Waals surface area contributed by atoms with Gasteiger partial charge in [-0.25, -0.2) is 0 Å². The molecule has 0 unspecified atom stereocenters. The number of halogens is 2. The minimum atomic E-state index is 0.786. The summed E-state index contributed by atoms with van der Waals surface area (Å²) in [4.78, 5) is 0. The van der Waals surface area contributed by atoms with E-state index < -0.39 is 0 Å². The molecule has 2 aromatic rings. The second kappa shape index (κ2) is 6.37. The van der Waals surface area contributed by atoms with E-state index in [4.69, 9.17) is 11.6 Å². The summed E-state index contributed by atoms with van der Waals surface area (Å²) < 4.78 is 1.15. The predicted molar refractivity (Wildman–Crippen MR) is 80.9 cm³/mol. The van der Waals surface area contributed by atoms with Crippen LogP contribution in [0.5, 0.6) is 0 Å². The van der Waals surface area contributed by atoms with Crippen LogP contribution < -0.4 is 5.32 Å². The Morgan fingerprint density at radius 3 is 2.44 bits per heavy atom. The zero-order chi connectivity index (χ0) is 13.0. The van der Waals surface area contributed by atoms with E-state index in [1.807, 2.05) is 18.2 Å². The third kappa shape index (κ3) is 3.84. The van der Waals surface area contributed by atoms with Gasteiger partial charge in [-0.05, 0) is 41.8 Å². The fourth-order valence-electron chi connectivity index (χ4n) is 1.81. The van der Waals surface area contributed by atoms with Crippen LogP contribution in [0.15, 0.2) is 46.9 Å². The molecule has 0 aliphatic heterocycles. The van der Waals surface area contributed by atoms with Crippen molar-refractivity contribution in [3.05, 3.63) is 68.7 Å². The van der Waals surface area contributed by atoms with Gasteiger partial charge in [0, 0.05) is 22.6 Å². The first-order chi connectivity index (χ1) is 8.65. The van der Waals surface area contributed by atoms with Crippen LogP contribution in [0.4, 0.5) is 0 Å². The molecule has 2 aromatic carbocycles. The van der Waals surface area contributed by atoms with Gasteiger partial charge in [0.25, 0.3) is 0 Å². The van der Waals surface area contributed by atoms with Crippen molar-refractivity contribution in [1.29, 1.82) is 0 Å². The first-order valence-electron chi connectivity index (χ1n) is 5.85. The largest absolute Gasteiger partial charge is 0.309 e. The fourth-order valence-corrected chi connectivity index (χ4v) is 2.27. The van der Waals surface area contributed by atoms with Crippen molar-refractivity contribution in [2.24, 2.45) is 0 Å². The van der Waals surface area contributed by atoms with E-state index in [-0.39, 0.29) is 0 Å². The second-order valence-electron chi connectivity index (χ2n) is 4.32. The van der Waals surface area contributed by atoms with E-state index in [1.54, 1.807) is 0 Å². The van der Waals surface area contributed by atoms with Crippen molar-refractivity contribution in [1.82, 2.24) is 5.32 Å². The fraction of sp³-hybridized carbons (Fsp3) is 0.200. The number of rotatable bonds is 4. The van der Waals surface area contributed by atoms with Crippen LogP contribution in [0.3, 0.4) is 0 Å². The zero-order valence-electron chi connectivity index (χ0n) is 10.2. The summed E-state index contributed by atoms with van der Waals surface area (Å²) in [6.07, 6.45) is 0. The summed E-state index contributed by atoms with van der Waals surface area (Å²) in [5, 5.41) is 4.20. The van der Waals surface area contributed by atoms with Crippen LogP contribution in [-0.4, -0.2) is 0 Å². The molecule has 0 spiro atoms. The van der Waals surface area contributed by atoms with Gasteiger partial charge in [0.1, 0.15) is 0 Å². The maximum Gasteiger partial charge on any atom is 0.0409 e. The lowest BCUT2D eigenvalue weighted by atomic mass is 10.1. The SMILES string of the molecule is Cc1cc(CNCc2cccc(Cl)c2)ccc1Br. The highest BCUT2D eigenvalue weighted by molar-refractivity contribution is 9.10. The van der Waals surface area contributed by atoms with E-state index in [0.717, 1.165) is 22.6 Å². The van der Waals surface area contributed by atoms with Gasteiger partial charge in [-0.2, -0.15) is 0 Å². The topological polar surface area (TPSA) is 12.0 Å². The highest BCUT2D eigenvalue weighted by atomic mass is 79.9. The molecule has 0 heterocycles. The van der Waals surface area contributed by atoms with Crippen LogP contribution in [0.25, 0.3) is 0 Å². The summed E-state index contributed by atoms with van der Waals surface area (Å²) in [5.74, 6) is 0. The molecule has 0 saturated heterocycles. The number of benzene rings is 2. The van der Waals surface area contributed by atoms with Gasteiger partial charge in [-0.15, -0.1) is 0 Å². The van der Waals surface area contributed by atoms with Gasteiger partial charge < -0.3 is 5.32 Å². The van der Waals surface area contributed by atoms with E-state index >= 15 is 0 Å². The van der Waals surface area contributed by atoms with Crippen molar-refractivity contribution in [2.75, 3.05) is 0 Å². The quantitative estimate of drug-likeness (QED) is 0.859. The van der Waals surface area contributed by atoms with Crippen LogP contribution in [0, 0.1) is 6.92 Å². The van der Waals surface area contributed by atoms with Crippen LogP contribution in [0.2, 0.25) is 5.02 Å². The van der Waals surface area contributed by atoms with Gasteiger partial charge in [0.2, 0.25) is 0 Å². The molecule has 2 rings (SSSR count). The van der Waals surface area contributed by atoms with Gasteiger partial charge in [-0.3, -0.25) is 0 Å². The Hall–Kier alpha value is -0.830. The molecule has 0 aliphatic rings. The Balaban J connectivity index is 1.90. The average molecular weight is 325 g/mol. The molecule has 0 bridgehead atoms. The Morgan fingerprint density at radius 2 is 1.78 bits per heavy atom. The summed E-state index contributed by atoms with van der Waals surface area (Å²) in [7, 11) is 0. The van der Waals surface area contributed by atoms with E-state index in [0.29, 0.717) is 0 Å². The molecule has 0 radical (unpaired) electrons. The predicted octanol–water partition coefficient (Wildman–Crippen LogP) is 4.70. The van der Waals surface area contributed by atoms with Crippen molar-refractivity contribution in [3.63, 3.8) is 0 Å². The van der Waals surface area contributed by atoms with Crippen molar-refractivity contribution >= 4 is 27.5 Å². The molecule has 0 atom stereocenters. The highest BCUT2D eigenvalue weighted by Gasteiger charge is 1.98. The monoisotopic (exact) mass is 323 g/mol. The zero-order valence-corrected chi connectivity index (χ0v) is 12.6. The molecule has 0 amide bonds. The summed E-state index contributed by atoms with van der Waals surface area (Å²) in [6.45, 7) is 3.79. The number of nitrogens with one attached hydrogen (secondary N) is 1. The molecule has 18 heavy (non-hydrogen) atoms. The van der Waals surface area contributed by atoms with Crippen molar-refractivity contribution in [2.45, 2.75) is 20.0 Å². The molecule has 3 heteroatoms. The molecule has 1 N–H and O–H groups in total. The third-order valence-electron chi connectivity index (χ3n) is 2.77. The molecule has 0 aromatic heterocycles. The van der Waals surface area contributed by atoms with E-state index in [1.165, 1.54) is 16.7 Å². The first kappa shape index (κ1) is 13.6. The van der Waals surface area contributed by atoms with Crippen molar-refractivity contribution in [3.8, 4) is 0 Å². The average Bonchev–Trinajstić information content (AvgIpc) is 2.34. The minimum Gasteiger partial charge on any atom is -0.309 e. The Kier molecular flexibility index (Phi) is 4.81. The van der Waals surface area contributed by atoms with E-state index in [9.17, 15) is 0 Å². The Morgan fingerprint density at radius 1 is 1.06 bits per heavy atom. The Labute approximate surface area is 121 Å². The Bertz CT molecular complexity index is 540. The molecule has 94 valence electrons. The minimum absolute atomic E-state index is 0.786. The molecule has 0 saturated carbocycles. The number of hydrogen-bond donors (Lipinski definition) is 1. The van der Waals surface area contributed by atoms with Gasteiger partial charge in [-0.1, -0.05) is 51.8 Å². The lowest BCUT2D eigenvalue weighted by Crippen LogP contribution is -2.12.